The highest BCUT2D eigenvalue weighted by Crippen LogP contribution is 2.13. The van der Waals surface area contributed by atoms with Crippen LogP contribution >= 0.6 is 0 Å². The number of hydrogen-bond donors (Lipinski definition) is 1. The van der Waals surface area contributed by atoms with Crippen molar-refractivity contribution in [1.29, 1.82) is 0 Å². The van der Waals surface area contributed by atoms with Gasteiger partial charge in [-0.3, -0.25) is 4.40 Å². The number of fused-ring (bicyclic) bond motifs is 1. The van der Waals surface area contributed by atoms with Gasteiger partial charge in [-0.05, 0) is 20.3 Å². The Morgan fingerprint density at radius 3 is 3.00 bits per heavy atom. The first kappa shape index (κ1) is 9.89. The lowest BCUT2D eigenvalue weighted by molar-refractivity contribution is 0.758. The quantitative estimate of drug-likeness (QED) is 0.827. The van der Waals surface area contributed by atoms with Gasteiger partial charge in [-0.1, -0.05) is 6.92 Å². The molecule has 0 fully saturated rings. The van der Waals surface area contributed by atoms with Crippen LogP contribution in [0.1, 0.15) is 26.1 Å². The van der Waals surface area contributed by atoms with Crippen LogP contribution in [0, 0.1) is 6.92 Å². The summed E-state index contributed by atoms with van der Waals surface area (Å²) < 4.78 is 1.93. The Morgan fingerprint density at radius 1 is 1.47 bits per heavy atom. The summed E-state index contributed by atoms with van der Waals surface area (Å²) in [7, 11) is 0. The van der Waals surface area contributed by atoms with Crippen LogP contribution in [0.2, 0.25) is 0 Å². The van der Waals surface area contributed by atoms with Gasteiger partial charge in [-0.2, -0.15) is 0 Å². The molecule has 2 aromatic rings. The van der Waals surface area contributed by atoms with Gasteiger partial charge in [0.2, 0.25) is 5.65 Å². The monoisotopic (exact) mass is 205 g/mol. The molecule has 1 atom stereocenters. The Kier molecular flexibility index (Phi) is 2.53. The molecule has 0 radical (unpaired) electrons. The zero-order valence-corrected chi connectivity index (χ0v) is 9.23. The summed E-state index contributed by atoms with van der Waals surface area (Å²) in [6.07, 6.45) is 4.68. The molecule has 15 heavy (non-hydrogen) atoms. The van der Waals surface area contributed by atoms with E-state index in [2.05, 4.69) is 34.3 Å². The van der Waals surface area contributed by atoms with Gasteiger partial charge in [0.25, 0.3) is 0 Å². The third-order valence-corrected chi connectivity index (χ3v) is 2.49. The zero-order chi connectivity index (χ0) is 10.8. The highest BCUT2D eigenvalue weighted by Gasteiger charge is 2.08. The predicted octanol–water partition coefficient (Wildman–Crippen LogP) is 1.64. The number of nitrogens with zero attached hydrogens (tertiary/aromatic N) is 4. The van der Waals surface area contributed by atoms with E-state index in [0.717, 1.165) is 23.7 Å². The predicted molar refractivity (Wildman–Crippen MR) is 58.9 cm³/mol. The molecule has 5 heteroatoms. The van der Waals surface area contributed by atoms with Crippen LogP contribution < -0.4 is 5.32 Å². The molecule has 0 spiro atoms. The summed E-state index contributed by atoms with van der Waals surface area (Å²) in [5.74, 6) is 1.67. The fourth-order valence-corrected chi connectivity index (χ4v) is 1.38. The van der Waals surface area contributed by atoms with Crippen LogP contribution in [-0.4, -0.2) is 25.6 Å². The van der Waals surface area contributed by atoms with Gasteiger partial charge in [0.05, 0.1) is 0 Å². The number of aromatic nitrogens is 4. The smallest absolute Gasteiger partial charge is 0.203 e. The van der Waals surface area contributed by atoms with E-state index in [1.54, 1.807) is 6.20 Å². The highest BCUT2D eigenvalue weighted by molar-refractivity contribution is 5.62. The fraction of sp³-hybridized carbons (Fsp3) is 0.500. The Bertz CT molecular complexity index is 462. The summed E-state index contributed by atoms with van der Waals surface area (Å²) in [6, 6.07) is 0.390. The van der Waals surface area contributed by atoms with Crippen LogP contribution in [-0.2, 0) is 0 Å². The van der Waals surface area contributed by atoms with Crippen molar-refractivity contribution in [2.24, 2.45) is 0 Å². The summed E-state index contributed by atoms with van der Waals surface area (Å²) >= 11 is 0. The van der Waals surface area contributed by atoms with Crippen molar-refractivity contribution in [1.82, 2.24) is 19.6 Å². The van der Waals surface area contributed by atoms with Gasteiger partial charge in [-0.15, -0.1) is 10.2 Å². The normalized spacial score (nSPS) is 13.0. The van der Waals surface area contributed by atoms with E-state index < -0.39 is 0 Å². The lowest BCUT2D eigenvalue weighted by Crippen LogP contribution is -2.15. The molecule has 0 aliphatic carbocycles. The molecule has 2 aromatic heterocycles. The maximum atomic E-state index is 4.27. The maximum absolute atomic E-state index is 4.27. The average molecular weight is 205 g/mol. The van der Waals surface area contributed by atoms with Crippen molar-refractivity contribution < 1.29 is 0 Å². The summed E-state index contributed by atoms with van der Waals surface area (Å²) in [4.78, 5) is 4.27. The topological polar surface area (TPSA) is 55.1 Å². The van der Waals surface area contributed by atoms with Crippen molar-refractivity contribution >= 4 is 11.5 Å². The molecule has 0 aromatic carbocycles. The van der Waals surface area contributed by atoms with E-state index in [0.29, 0.717) is 6.04 Å². The number of nitrogens with one attached hydrogen (secondary N) is 1. The Hall–Kier alpha value is -1.65. The third-order valence-electron chi connectivity index (χ3n) is 2.49. The molecule has 0 saturated heterocycles. The minimum atomic E-state index is 0.390. The fourth-order valence-electron chi connectivity index (χ4n) is 1.38. The van der Waals surface area contributed by atoms with Gasteiger partial charge in [-0.25, -0.2) is 4.98 Å². The Morgan fingerprint density at radius 2 is 2.27 bits per heavy atom. The number of aryl methyl sites for hydroxylation is 1. The second kappa shape index (κ2) is 3.84. The van der Waals surface area contributed by atoms with Crippen molar-refractivity contribution in [3.8, 4) is 0 Å². The molecule has 0 saturated carbocycles. The van der Waals surface area contributed by atoms with E-state index >= 15 is 0 Å². The molecular weight excluding hydrogens is 190 g/mol. The standard InChI is InChI=1S/C10H15N5/c1-4-7(2)12-9-10-14-13-8(3)15(10)6-5-11-9/h5-7H,4H2,1-3H3,(H,11,12). The first-order valence-electron chi connectivity index (χ1n) is 5.15. The summed E-state index contributed by atoms with van der Waals surface area (Å²) in [5.41, 5.74) is 0.787. The highest BCUT2D eigenvalue weighted by atomic mass is 15.3. The molecule has 1 unspecified atom stereocenters. The van der Waals surface area contributed by atoms with E-state index in [4.69, 9.17) is 0 Å². The first-order valence-corrected chi connectivity index (χ1v) is 5.15. The molecular formula is C10H15N5. The third kappa shape index (κ3) is 1.77. The van der Waals surface area contributed by atoms with Crippen molar-refractivity contribution in [3.63, 3.8) is 0 Å². The molecule has 0 aliphatic heterocycles. The van der Waals surface area contributed by atoms with Gasteiger partial charge in [0.1, 0.15) is 5.82 Å². The van der Waals surface area contributed by atoms with E-state index in [1.165, 1.54) is 0 Å². The van der Waals surface area contributed by atoms with Crippen LogP contribution in [0.5, 0.6) is 0 Å². The van der Waals surface area contributed by atoms with Crippen LogP contribution in [0.15, 0.2) is 12.4 Å². The van der Waals surface area contributed by atoms with Crippen LogP contribution in [0.4, 0.5) is 5.82 Å². The first-order chi connectivity index (χ1) is 7.22. The van der Waals surface area contributed by atoms with E-state index in [-0.39, 0.29) is 0 Å². The van der Waals surface area contributed by atoms with Crippen molar-refractivity contribution in [2.45, 2.75) is 33.2 Å². The molecule has 2 heterocycles. The lowest BCUT2D eigenvalue weighted by Gasteiger charge is -2.11. The van der Waals surface area contributed by atoms with Crippen molar-refractivity contribution in [3.05, 3.63) is 18.2 Å². The minimum absolute atomic E-state index is 0.390. The summed E-state index contributed by atoms with van der Waals surface area (Å²) in [5, 5.41) is 11.4. The second-order valence-electron chi connectivity index (χ2n) is 3.67. The van der Waals surface area contributed by atoms with Crippen LogP contribution in [0.3, 0.4) is 0 Å². The molecule has 5 nitrogen and oxygen atoms in total. The molecule has 0 aliphatic rings. The van der Waals surface area contributed by atoms with Gasteiger partial charge in [0.15, 0.2) is 5.82 Å². The Labute approximate surface area is 88.6 Å². The lowest BCUT2D eigenvalue weighted by atomic mass is 10.2. The largest absolute Gasteiger partial charge is 0.364 e. The number of anilines is 1. The zero-order valence-electron chi connectivity index (χ0n) is 9.23. The van der Waals surface area contributed by atoms with Crippen LogP contribution in [0.25, 0.3) is 5.65 Å². The van der Waals surface area contributed by atoms with Gasteiger partial charge < -0.3 is 5.32 Å². The van der Waals surface area contributed by atoms with E-state index in [1.807, 2.05) is 17.5 Å². The average Bonchev–Trinajstić information content (AvgIpc) is 2.62. The minimum Gasteiger partial charge on any atom is -0.364 e. The number of hydrogen-bond acceptors (Lipinski definition) is 4. The molecule has 0 amide bonds. The maximum Gasteiger partial charge on any atom is 0.203 e. The summed E-state index contributed by atoms with van der Waals surface area (Å²) in [6.45, 7) is 6.17. The SMILES string of the molecule is CCC(C)Nc1nccn2c(C)nnc12. The van der Waals surface area contributed by atoms with Crippen molar-refractivity contribution in [2.75, 3.05) is 5.32 Å². The number of rotatable bonds is 3. The molecule has 0 bridgehead atoms. The molecule has 2 rings (SSSR count). The van der Waals surface area contributed by atoms with Gasteiger partial charge >= 0.3 is 0 Å². The van der Waals surface area contributed by atoms with Gasteiger partial charge in [0, 0.05) is 18.4 Å². The second-order valence-corrected chi connectivity index (χ2v) is 3.67. The Balaban J connectivity index is 2.43. The molecule has 80 valence electrons. The molecule has 1 N–H and O–H groups in total. The van der Waals surface area contributed by atoms with E-state index in [9.17, 15) is 0 Å².